The molecule has 3 heterocycles. The summed E-state index contributed by atoms with van der Waals surface area (Å²) in [5.41, 5.74) is 8.94. The molecule has 2 aromatic rings. The number of piperazine rings is 1. The Morgan fingerprint density at radius 3 is 2.39 bits per heavy atom. The molecule has 2 unspecified atom stereocenters. The monoisotopic (exact) mass is 603 g/mol. The number of rotatable bonds is 6. The molecular weight excluding hydrogens is 562 g/mol. The van der Waals surface area contributed by atoms with Gasteiger partial charge >= 0.3 is 5.97 Å². The van der Waals surface area contributed by atoms with E-state index in [9.17, 15) is 24.6 Å². The van der Waals surface area contributed by atoms with Crippen molar-refractivity contribution in [3.8, 4) is 0 Å². The van der Waals surface area contributed by atoms with Crippen LogP contribution in [0.5, 0.6) is 0 Å². The number of aliphatic hydroxyl groups excluding tert-OH is 1. The first-order chi connectivity index (χ1) is 21.0. The summed E-state index contributed by atoms with van der Waals surface area (Å²) >= 11 is 0. The van der Waals surface area contributed by atoms with Crippen LogP contribution in [0, 0.1) is 16.7 Å². The van der Waals surface area contributed by atoms with Gasteiger partial charge in [0.1, 0.15) is 12.3 Å². The number of nitrogens with zero attached hydrogens (tertiary/aromatic N) is 4. The van der Waals surface area contributed by atoms with Crippen molar-refractivity contribution in [2.75, 3.05) is 56.5 Å². The van der Waals surface area contributed by atoms with Gasteiger partial charge in [0.05, 0.1) is 12.1 Å². The average Bonchev–Trinajstić information content (AvgIpc) is 2.99. The third kappa shape index (κ3) is 5.64. The van der Waals surface area contributed by atoms with Crippen molar-refractivity contribution in [1.82, 2.24) is 14.7 Å². The highest BCUT2D eigenvalue weighted by molar-refractivity contribution is 5.99. The number of amides is 2. The molecule has 234 valence electrons. The van der Waals surface area contributed by atoms with Gasteiger partial charge in [-0.25, -0.2) is 4.79 Å². The van der Waals surface area contributed by atoms with Crippen molar-refractivity contribution in [1.29, 1.82) is 5.41 Å². The summed E-state index contributed by atoms with van der Waals surface area (Å²) in [7, 11) is 1.93. The van der Waals surface area contributed by atoms with E-state index in [4.69, 9.17) is 11.1 Å². The summed E-state index contributed by atoms with van der Waals surface area (Å²) < 4.78 is 0. The minimum Gasteiger partial charge on any atom is -0.478 e. The fourth-order valence-electron chi connectivity index (χ4n) is 7.62. The smallest absolute Gasteiger partial charge is 0.335 e. The second-order valence-electron chi connectivity index (χ2n) is 12.8. The number of fused-ring (bicyclic) bond motifs is 1. The highest BCUT2D eigenvalue weighted by Crippen LogP contribution is 2.55. The van der Waals surface area contributed by atoms with E-state index in [0.29, 0.717) is 31.7 Å². The van der Waals surface area contributed by atoms with Crippen LogP contribution in [-0.4, -0.2) is 101 Å². The predicted molar refractivity (Wildman–Crippen MR) is 165 cm³/mol. The van der Waals surface area contributed by atoms with Crippen molar-refractivity contribution in [3.05, 3.63) is 59.2 Å². The Balaban J connectivity index is 1.26. The summed E-state index contributed by atoms with van der Waals surface area (Å²) in [6.45, 7) is 3.59. The summed E-state index contributed by atoms with van der Waals surface area (Å²) in [4.78, 5) is 46.0. The van der Waals surface area contributed by atoms with E-state index in [1.54, 1.807) is 12.1 Å². The van der Waals surface area contributed by atoms with Crippen LogP contribution in [0.15, 0.2) is 42.5 Å². The molecule has 12 heteroatoms. The standard InChI is InChI=1S/C32H41N7O5/c1-36-15-16-38(26(40)19-36)25-4-2-3-24-23(25)9-12-39(27(24)28(41)35-22-7-5-20(6-8-22)30(43)44)29(42)21-17-32(18-21)10-13-37(14-11-32)31(33)34/h2-8,21,27,29,42H,9-19H2,1H3,(H3,33,34)(H,35,41)(H,43,44). The van der Waals surface area contributed by atoms with Crippen molar-refractivity contribution in [2.45, 2.75) is 44.4 Å². The third-order valence-electron chi connectivity index (χ3n) is 10.1. The Bertz CT molecular complexity index is 1450. The Morgan fingerprint density at radius 1 is 1.05 bits per heavy atom. The molecule has 3 fully saturated rings. The number of aliphatic hydroxyl groups is 1. The zero-order valence-electron chi connectivity index (χ0n) is 25.0. The van der Waals surface area contributed by atoms with Gasteiger partial charge in [-0.3, -0.25) is 24.8 Å². The lowest BCUT2D eigenvalue weighted by Crippen LogP contribution is -2.57. The van der Waals surface area contributed by atoms with Crippen molar-refractivity contribution >= 4 is 35.1 Å². The van der Waals surface area contributed by atoms with Crippen LogP contribution in [0.3, 0.4) is 0 Å². The molecule has 0 aromatic heterocycles. The number of guanidine groups is 1. The van der Waals surface area contributed by atoms with Crippen LogP contribution in [-0.2, 0) is 16.0 Å². The van der Waals surface area contributed by atoms with E-state index in [1.165, 1.54) is 12.1 Å². The van der Waals surface area contributed by atoms with E-state index >= 15 is 0 Å². The molecule has 12 nitrogen and oxygen atoms in total. The number of carboxylic acid groups (broad SMARTS) is 1. The molecule has 6 N–H and O–H groups in total. The van der Waals surface area contributed by atoms with Crippen LogP contribution in [0.1, 0.15) is 53.2 Å². The van der Waals surface area contributed by atoms with Gasteiger partial charge in [0.15, 0.2) is 5.96 Å². The van der Waals surface area contributed by atoms with Gasteiger partial charge in [0.2, 0.25) is 11.8 Å². The third-order valence-corrected chi connectivity index (χ3v) is 10.1. The van der Waals surface area contributed by atoms with Crippen LogP contribution in [0.4, 0.5) is 11.4 Å². The Morgan fingerprint density at radius 2 is 1.75 bits per heavy atom. The number of nitrogens with one attached hydrogen (secondary N) is 2. The number of benzene rings is 2. The second kappa shape index (κ2) is 11.8. The number of carboxylic acids is 1. The largest absolute Gasteiger partial charge is 0.478 e. The van der Waals surface area contributed by atoms with E-state index in [1.807, 2.05) is 44.8 Å². The molecule has 1 aliphatic carbocycles. The number of carbonyl (C=O) groups excluding carboxylic acids is 2. The molecule has 1 saturated carbocycles. The summed E-state index contributed by atoms with van der Waals surface area (Å²) in [5, 5.41) is 31.8. The van der Waals surface area contributed by atoms with E-state index < -0.39 is 18.2 Å². The SMILES string of the molecule is CN1CCN(c2cccc3c2CCN(C(O)C2CC4(CCN(C(=N)N)CC4)C2)C3C(=O)Nc2ccc(C(=O)O)cc2)C(=O)C1. The van der Waals surface area contributed by atoms with Crippen LogP contribution < -0.4 is 16.0 Å². The lowest BCUT2D eigenvalue weighted by molar-refractivity contribution is -0.149. The summed E-state index contributed by atoms with van der Waals surface area (Å²) in [5.74, 6) is -1.24. The summed E-state index contributed by atoms with van der Waals surface area (Å²) in [6, 6.07) is 10.9. The Kier molecular flexibility index (Phi) is 8.08. The predicted octanol–water partition coefficient (Wildman–Crippen LogP) is 1.91. The first kappa shape index (κ1) is 30.0. The lowest BCUT2D eigenvalue weighted by atomic mass is 9.57. The molecule has 6 rings (SSSR count). The number of likely N-dealkylation sites (tertiary alicyclic amines) is 1. The highest BCUT2D eigenvalue weighted by Gasteiger charge is 2.51. The maximum absolute atomic E-state index is 14.1. The van der Waals surface area contributed by atoms with E-state index in [-0.39, 0.29) is 34.7 Å². The molecule has 3 aliphatic heterocycles. The fourth-order valence-corrected chi connectivity index (χ4v) is 7.62. The normalized spacial score (nSPS) is 23.1. The molecule has 2 aromatic carbocycles. The number of nitrogens with two attached hydrogens (primary N) is 1. The molecule has 2 saturated heterocycles. The van der Waals surface area contributed by atoms with Crippen LogP contribution in [0.2, 0.25) is 0 Å². The number of likely N-dealkylation sites (N-methyl/N-ethyl adjacent to an activating group) is 1. The zero-order valence-corrected chi connectivity index (χ0v) is 25.0. The first-order valence-electron chi connectivity index (χ1n) is 15.3. The fraction of sp³-hybridized carbons (Fsp3) is 0.500. The molecular formula is C32H41N7O5. The molecule has 0 radical (unpaired) electrons. The zero-order chi connectivity index (χ0) is 31.2. The minimum absolute atomic E-state index is 0.00738. The maximum atomic E-state index is 14.1. The number of aromatic carboxylic acids is 1. The van der Waals surface area contributed by atoms with Crippen LogP contribution in [0.25, 0.3) is 0 Å². The van der Waals surface area contributed by atoms with Crippen LogP contribution >= 0.6 is 0 Å². The van der Waals surface area contributed by atoms with Gasteiger partial charge < -0.3 is 31.1 Å². The second-order valence-corrected chi connectivity index (χ2v) is 12.8. The first-order valence-corrected chi connectivity index (χ1v) is 15.3. The minimum atomic E-state index is -1.05. The highest BCUT2D eigenvalue weighted by atomic mass is 16.4. The maximum Gasteiger partial charge on any atom is 0.335 e. The quantitative estimate of drug-likeness (QED) is 0.245. The summed E-state index contributed by atoms with van der Waals surface area (Å²) in [6.07, 6.45) is 3.31. The number of hydrogen-bond acceptors (Lipinski definition) is 7. The molecule has 1 spiro atoms. The molecule has 2 amide bonds. The topological polar surface area (TPSA) is 167 Å². The number of carbonyl (C=O) groups is 3. The van der Waals surface area contributed by atoms with Gasteiger partial charge in [0, 0.05) is 44.1 Å². The van der Waals surface area contributed by atoms with Gasteiger partial charge in [0.25, 0.3) is 0 Å². The molecule has 0 bridgehead atoms. The van der Waals surface area contributed by atoms with Crippen molar-refractivity contribution in [3.63, 3.8) is 0 Å². The van der Waals surface area contributed by atoms with Gasteiger partial charge in [-0.15, -0.1) is 0 Å². The Hall–Kier alpha value is -4.00. The lowest BCUT2D eigenvalue weighted by Gasteiger charge is -2.55. The number of anilines is 2. The number of piperidine rings is 1. The average molecular weight is 604 g/mol. The van der Waals surface area contributed by atoms with Gasteiger partial charge in [-0.05, 0) is 91.9 Å². The molecule has 2 atom stereocenters. The molecule has 4 aliphatic rings. The van der Waals surface area contributed by atoms with Crippen molar-refractivity contribution in [2.24, 2.45) is 17.1 Å². The van der Waals surface area contributed by atoms with Gasteiger partial charge in [-0.1, -0.05) is 12.1 Å². The van der Waals surface area contributed by atoms with E-state index in [2.05, 4.69) is 5.32 Å². The number of hydrogen-bond donors (Lipinski definition) is 5. The Labute approximate surface area is 256 Å². The van der Waals surface area contributed by atoms with Crippen molar-refractivity contribution < 1.29 is 24.6 Å². The van der Waals surface area contributed by atoms with Gasteiger partial charge in [-0.2, -0.15) is 0 Å². The molecule has 44 heavy (non-hydrogen) atoms. The van der Waals surface area contributed by atoms with E-state index in [0.717, 1.165) is 62.1 Å².